The van der Waals surface area contributed by atoms with E-state index in [1.54, 1.807) is 6.07 Å². The van der Waals surface area contributed by atoms with E-state index >= 15 is 0 Å². The van der Waals surface area contributed by atoms with E-state index < -0.39 is 21.7 Å². The van der Waals surface area contributed by atoms with Crippen LogP contribution in [-0.4, -0.2) is 42.6 Å². The van der Waals surface area contributed by atoms with Gasteiger partial charge in [-0.3, -0.25) is 4.79 Å². The lowest BCUT2D eigenvalue weighted by atomic mass is 9.85. The number of sulfonamides is 1. The van der Waals surface area contributed by atoms with Crippen molar-refractivity contribution in [1.82, 2.24) is 4.31 Å². The predicted molar refractivity (Wildman–Crippen MR) is 65.1 cm³/mol. The molecule has 2 unspecified atom stereocenters. The SMILES string of the molecule is CC(CC(=O)O)C1CCCN(S(=O)(=O)CC#N)C1. The largest absolute Gasteiger partial charge is 0.481 e. The van der Waals surface area contributed by atoms with Gasteiger partial charge in [0.05, 0.1) is 6.07 Å². The van der Waals surface area contributed by atoms with Crippen molar-refractivity contribution >= 4 is 16.0 Å². The van der Waals surface area contributed by atoms with Gasteiger partial charge in [0.25, 0.3) is 0 Å². The Labute approximate surface area is 107 Å². The topological polar surface area (TPSA) is 98.5 Å². The summed E-state index contributed by atoms with van der Waals surface area (Å²) in [5.74, 6) is -1.36. The van der Waals surface area contributed by atoms with Crippen LogP contribution >= 0.6 is 0 Å². The normalized spacial score (nSPS) is 23.2. The average molecular weight is 274 g/mol. The van der Waals surface area contributed by atoms with Crippen molar-refractivity contribution in [3.05, 3.63) is 0 Å². The first-order valence-electron chi connectivity index (χ1n) is 5.93. The van der Waals surface area contributed by atoms with E-state index in [0.717, 1.165) is 12.8 Å². The molecule has 0 radical (unpaired) electrons. The Morgan fingerprint density at radius 3 is 2.83 bits per heavy atom. The minimum Gasteiger partial charge on any atom is -0.481 e. The third kappa shape index (κ3) is 3.96. The number of piperidine rings is 1. The molecule has 6 nitrogen and oxygen atoms in total. The van der Waals surface area contributed by atoms with Gasteiger partial charge in [-0.05, 0) is 24.7 Å². The summed E-state index contributed by atoms with van der Waals surface area (Å²) in [6.45, 7) is 2.60. The maximum Gasteiger partial charge on any atom is 0.303 e. The molecule has 2 atom stereocenters. The van der Waals surface area contributed by atoms with Gasteiger partial charge in [-0.1, -0.05) is 6.92 Å². The summed E-state index contributed by atoms with van der Waals surface area (Å²) >= 11 is 0. The molecule has 0 spiro atoms. The lowest BCUT2D eigenvalue weighted by Crippen LogP contribution is -2.42. The zero-order valence-electron chi connectivity index (χ0n) is 10.4. The van der Waals surface area contributed by atoms with Gasteiger partial charge in [0.2, 0.25) is 10.0 Å². The van der Waals surface area contributed by atoms with Crippen LogP contribution in [-0.2, 0) is 14.8 Å². The van der Waals surface area contributed by atoms with E-state index in [0.29, 0.717) is 13.1 Å². The van der Waals surface area contributed by atoms with Crippen LogP contribution < -0.4 is 0 Å². The van der Waals surface area contributed by atoms with Crippen molar-refractivity contribution in [1.29, 1.82) is 5.26 Å². The second-order valence-electron chi connectivity index (χ2n) is 4.75. The minimum atomic E-state index is -3.50. The highest BCUT2D eigenvalue weighted by Crippen LogP contribution is 2.27. The van der Waals surface area contributed by atoms with Crippen molar-refractivity contribution in [2.75, 3.05) is 18.8 Å². The maximum absolute atomic E-state index is 11.8. The van der Waals surface area contributed by atoms with Crippen LogP contribution in [0, 0.1) is 23.2 Å². The lowest BCUT2D eigenvalue weighted by Gasteiger charge is -2.34. The Balaban J connectivity index is 2.67. The molecule has 1 fully saturated rings. The van der Waals surface area contributed by atoms with Gasteiger partial charge in [0.15, 0.2) is 5.75 Å². The molecule has 102 valence electrons. The van der Waals surface area contributed by atoms with Crippen molar-refractivity contribution in [2.45, 2.75) is 26.2 Å². The number of carboxylic acid groups (broad SMARTS) is 1. The number of rotatable bonds is 5. The standard InChI is InChI=1S/C11H18N2O4S/c1-9(7-11(14)15)10-3-2-5-13(8-10)18(16,17)6-4-12/h9-10H,2-3,5-8H2,1H3,(H,14,15). The molecule has 0 saturated carbocycles. The highest BCUT2D eigenvalue weighted by atomic mass is 32.2. The van der Waals surface area contributed by atoms with Gasteiger partial charge in [-0.15, -0.1) is 0 Å². The summed E-state index contributed by atoms with van der Waals surface area (Å²) in [6, 6.07) is 1.66. The Hall–Kier alpha value is -1.13. The molecular weight excluding hydrogens is 256 g/mol. The van der Waals surface area contributed by atoms with Crippen molar-refractivity contribution in [3.8, 4) is 6.07 Å². The molecule has 0 aromatic heterocycles. The number of nitrogens with zero attached hydrogens (tertiary/aromatic N) is 2. The number of carbonyl (C=O) groups is 1. The Kier molecular flexibility index (Phi) is 5.11. The summed E-state index contributed by atoms with van der Waals surface area (Å²) in [4.78, 5) is 10.7. The highest BCUT2D eigenvalue weighted by molar-refractivity contribution is 7.89. The Morgan fingerprint density at radius 1 is 1.61 bits per heavy atom. The molecule has 0 aromatic carbocycles. The quantitative estimate of drug-likeness (QED) is 0.794. The Bertz CT molecular complexity index is 440. The molecular formula is C11H18N2O4S. The molecule has 0 aliphatic carbocycles. The number of nitriles is 1. The maximum atomic E-state index is 11.8. The summed E-state index contributed by atoms with van der Waals surface area (Å²) < 4.78 is 24.8. The second-order valence-corrected chi connectivity index (χ2v) is 6.72. The number of carboxylic acids is 1. The van der Waals surface area contributed by atoms with Crippen LogP contribution in [0.15, 0.2) is 0 Å². The van der Waals surface area contributed by atoms with Crippen LogP contribution in [0.1, 0.15) is 26.2 Å². The summed E-state index contributed by atoms with van der Waals surface area (Å²) in [5, 5.41) is 17.2. The lowest BCUT2D eigenvalue weighted by molar-refractivity contribution is -0.138. The van der Waals surface area contributed by atoms with E-state index in [-0.39, 0.29) is 18.3 Å². The average Bonchev–Trinajstić information content (AvgIpc) is 2.28. The first kappa shape index (κ1) is 14.9. The van der Waals surface area contributed by atoms with Crippen molar-refractivity contribution in [2.24, 2.45) is 11.8 Å². The fourth-order valence-electron chi connectivity index (χ4n) is 2.31. The molecule has 1 saturated heterocycles. The van der Waals surface area contributed by atoms with Gasteiger partial charge >= 0.3 is 5.97 Å². The van der Waals surface area contributed by atoms with Crippen LogP contribution in [0.2, 0.25) is 0 Å². The molecule has 1 rings (SSSR count). The smallest absolute Gasteiger partial charge is 0.303 e. The predicted octanol–water partition coefficient (Wildman–Crippen LogP) is 0.663. The fraction of sp³-hybridized carbons (Fsp3) is 0.818. The van der Waals surface area contributed by atoms with E-state index in [4.69, 9.17) is 10.4 Å². The summed E-state index contributed by atoms with van der Waals surface area (Å²) in [5.41, 5.74) is 0. The molecule has 0 bridgehead atoms. The highest BCUT2D eigenvalue weighted by Gasteiger charge is 2.31. The van der Waals surface area contributed by atoms with Gasteiger partial charge in [-0.2, -0.15) is 5.26 Å². The van der Waals surface area contributed by atoms with Gasteiger partial charge in [0.1, 0.15) is 0 Å². The van der Waals surface area contributed by atoms with Gasteiger partial charge < -0.3 is 5.11 Å². The zero-order valence-corrected chi connectivity index (χ0v) is 11.2. The summed E-state index contributed by atoms with van der Waals surface area (Å²) in [7, 11) is -3.50. The monoisotopic (exact) mass is 274 g/mol. The zero-order chi connectivity index (χ0) is 13.8. The van der Waals surface area contributed by atoms with Gasteiger partial charge in [-0.25, -0.2) is 12.7 Å². The third-order valence-electron chi connectivity index (χ3n) is 3.36. The van der Waals surface area contributed by atoms with Crippen LogP contribution in [0.25, 0.3) is 0 Å². The molecule has 1 aliphatic rings. The van der Waals surface area contributed by atoms with E-state index in [9.17, 15) is 13.2 Å². The van der Waals surface area contributed by atoms with Crippen LogP contribution in [0.4, 0.5) is 0 Å². The first-order chi connectivity index (χ1) is 8.36. The third-order valence-corrected chi connectivity index (χ3v) is 4.97. The fourth-order valence-corrected chi connectivity index (χ4v) is 3.48. The molecule has 1 heterocycles. The number of aliphatic carboxylic acids is 1. The second kappa shape index (κ2) is 6.16. The van der Waals surface area contributed by atoms with E-state index in [1.807, 2.05) is 6.92 Å². The van der Waals surface area contributed by atoms with E-state index in [1.165, 1.54) is 4.31 Å². The van der Waals surface area contributed by atoms with Gasteiger partial charge in [0, 0.05) is 19.5 Å². The molecule has 0 amide bonds. The Morgan fingerprint density at radius 2 is 2.28 bits per heavy atom. The first-order valence-corrected chi connectivity index (χ1v) is 7.54. The molecule has 7 heteroatoms. The van der Waals surface area contributed by atoms with Crippen molar-refractivity contribution < 1.29 is 18.3 Å². The minimum absolute atomic E-state index is 0.0524. The van der Waals surface area contributed by atoms with E-state index in [2.05, 4.69) is 0 Å². The number of hydrogen-bond acceptors (Lipinski definition) is 4. The van der Waals surface area contributed by atoms with Crippen LogP contribution in [0.5, 0.6) is 0 Å². The molecule has 1 aliphatic heterocycles. The summed E-state index contributed by atoms with van der Waals surface area (Å²) in [6.07, 6.45) is 1.61. The number of hydrogen-bond donors (Lipinski definition) is 1. The molecule has 18 heavy (non-hydrogen) atoms. The molecule has 1 N–H and O–H groups in total. The van der Waals surface area contributed by atoms with Crippen molar-refractivity contribution in [3.63, 3.8) is 0 Å². The molecule has 0 aromatic rings. The van der Waals surface area contributed by atoms with Crippen LogP contribution in [0.3, 0.4) is 0 Å².